The number of aryl methyl sites for hydroxylation is 1. The highest BCUT2D eigenvalue weighted by molar-refractivity contribution is 9.10. The molecule has 0 fully saturated rings. The molecule has 3 rings (SSSR count). The van der Waals surface area contributed by atoms with Crippen LogP contribution in [0.25, 0.3) is 0 Å². The molecule has 2 N–H and O–H groups in total. The van der Waals surface area contributed by atoms with Crippen LogP contribution >= 0.6 is 27.3 Å². The van der Waals surface area contributed by atoms with Crippen LogP contribution in [0.15, 0.2) is 39.8 Å². The lowest BCUT2D eigenvalue weighted by molar-refractivity contribution is 0.415. The Balaban J connectivity index is 1.94. The fraction of sp³-hybridized carbons (Fsp3) is 0.267. The van der Waals surface area contributed by atoms with E-state index in [1.165, 1.54) is 9.75 Å². The van der Waals surface area contributed by atoms with Gasteiger partial charge in [-0.2, -0.15) is 0 Å². The number of anilines is 1. The van der Waals surface area contributed by atoms with Crippen molar-refractivity contribution in [3.05, 3.63) is 44.6 Å². The number of methoxy groups -OCH3 is 1. The molecule has 2 heterocycles. The Morgan fingerprint density at radius 1 is 1.38 bits per heavy atom. The van der Waals surface area contributed by atoms with Crippen LogP contribution in [0, 0.1) is 6.92 Å². The number of rotatable bonds is 3. The maximum Gasteiger partial charge on any atom is 0.196 e. The molecule has 0 saturated heterocycles. The van der Waals surface area contributed by atoms with Crippen molar-refractivity contribution in [1.82, 2.24) is 0 Å². The second-order valence-electron chi connectivity index (χ2n) is 4.84. The van der Waals surface area contributed by atoms with Crippen molar-refractivity contribution in [3.8, 4) is 5.75 Å². The number of nitrogens with two attached hydrogens (primary N) is 1. The van der Waals surface area contributed by atoms with Crippen LogP contribution < -0.4 is 15.4 Å². The zero-order valence-corrected chi connectivity index (χ0v) is 14.2. The highest BCUT2D eigenvalue weighted by atomic mass is 79.9. The Kier molecular flexibility index (Phi) is 3.91. The normalized spacial score (nSPS) is 18.0. The van der Waals surface area contributed by atoms with Crippen molar-refractivity contribution in [2.24, 2.45) is 10.7 Å². The minimum Gasteiger partial charge on any atom is -0.497 e. The van der Waals surface area contributed by atoms with Gasteiger partial charge in [0.1, 0.15) is 5.75 Å². The third-order valence-corrected chi connectivity index (χ3v) is 5.78. The summed E-state index contributed by atoms with van der Waals surface area (Å²) in [6, 6.07) is 10.2. The molecule has 4 nitrogen and oxygen atoms in total. The van der Waals surface area contributed by atoms with Gasteiger partial charge in [0.05, 0.1) is 19.7 Å². The quantitative estimate of drug-likeness (QED) is 0.901. The highest BCUT2D eigenvalue weighted by Crippen LogP contribution is 2.38. The van der Waals surface area contributed by atoms with E-state index in [1.54, 1.807) is 18.4 Å². The second-order valence-corrected chi connectivity index (χ2v) is 6.98. The van der Waals surface area contributed by atoms with Gasteiger partial charge in [-0.05, 0) is 53.2 Å². The van der Waals surface area contributed by atoms with Crippen molar-refractivity contribution in [1.29, 1.82) is 0 Å². The lowest BCUT2D eigenvalue weighted by Crippen LogP contribution is -2.35. The molecule has 21 heavy (non-hydrogen) atoms. The van der Waals surface area contributed by atoms with E-state index in [9.17, 15) is 0 Å². The van der Waals surface area contributed by atoms with Gasteiger partial charge < -0.3 is 15.4 Å². The van der Waals surface area contributed by atoms with Crippen LogP contribution in [-0.4, -0.2) is 19.6 Å². The smallest absolute Gasteiger partial charge is 0.196 e. The summed E-state index contributed by atoms with van der Waals surface area (Å²) in [6.45, 7) is 2.79. The van der Waals surface area contributed by atoms with Crippen molar-refractivity contribution in [3.63, 3.8) is 0 Å². The average molecular weight is 366 g/mol. The third kappa shape index (κ3) is 2.65. The van der Waals surface area contributed by atoms with Gasteiger partial charge in [0.15, 0.2) is 5.96 Å². The molecular formula is C15H16BrN3OS. The van der Waals surface area contributed by atoms with Gasteiger partial charge >= 0.3 is 0 Å². The second kappa shape index (κ2) is 5.69. The summed E-state index contributed by atoms with van der Waals surface area (Å²) in [5.41, 5.74) is 7.12. The molecule has 1 aromatic heterocycles. The van der Waals surface area contributed by atoms with Gasteiger partial charge in [-0.25, -0.2) is 0 Å². The van der Waals surface area contributed by atoms with E-state index in [-0.39, 0.29) is 6.04 Å². The fourth-order valence-corrected chi connectivity index (χ4v) is 4.06. The zero-order chi connectivity index (χ0) is 15.0. The molecule has 2 aromatic rings. The van der Waals surface area contributed by atoms with E-state index in [2.05, 4.69) is 38.8 Å². The Hall–Kier alpha value is -1.53. The van der Waals surface area contributed by atoms with E-state index >= 15 is 0 Å². The standard InChI is InChI=1S/C15H16BrN3OS/c1-9-12(16)7-14(21-9)13-8-18-15(17)19(13)10-3-5-11(20-2)6-4-10/h3-7,13H,8H2,1-2H3,(H2,17,18). The summed E-state index contributed by atoms with van der Waals surface area (Å²) in [5.74, 6) is 1.40. The molecule has 0 saturated carbocycles. The van der Waals surface area contributed by atoms with Gasteiger partial charge in [0.25, 0.3) is 0 Å². The Morgan fingerprint density at radius 2 is 2.10 bits per heavy atom. The van der Waals surface area contributed by atoms with E-state index in [0.29, 0.717) is 12.5 Å². The average Bonchev–Trinajstić information content (AvgIpc) is 3.02. The van der Waals surface area contributed by atoms with E-state index in [4.69, 9.17) is 10.5 Å². The van der Waals surface area contributed by atoms with Crippen LogP contribution in [0.1, 0.15) is 15.8 Å². The zero-order valence-electron chi connectivity index (χ0n) is 11.8. The SMILES string of the molecule is COc1ccc(N2C(N)=NCC2c2cc(Br)c(C)s2)cc1. The summed E-state index contributed by atoms with van der Waals surface area (Å²) >= 11 is 5.36. The van der Waals surface area contributed by atoms with Gasteiger partial charge in [0.2, 0.25) is 0 Å². The van der Waals surface area contributed by atoms with Crippen molar-refractivity contribution >= 4 is 38.9 Å². The van der Waals surface area contributed by atoms with Gasteiger partial charge in [0, 0.05) is 19.9 Å². The summed E-state index contributed by atoms with van der Waals surface area (Å²) in [4.78, 5) is 9.03. The highest BCUT2D eigenvalue weighted by Gasteiger charge is 2.30. The molecule has 0 spiro atoms. The number of benzene rings is 1. The molecular weight excluding hydrogens is 350 g/mol. The number of halogens is 1. The predicted molar refractivity (Wildman–Crippen MR) is 91.5 cm³/mol. The van der Waals surface area contributed by atoms with E-state index in [0.717, 1.165) is 15.9 Å². The molecule has 1 aliphatic rings. The topological polar surface area (TPSA) is 50.9 Å². The van der Waals surface area contributed by atoms with Crippen LogP contribution in [0.2, 0.25) is 0 Å². The first-order valence-corrected chi connectivity index (χ1v) is 8.20. The van der Waals surface area contributed by atoms with Crippen LogP contribution in [0.3, 0.4) is 0 Å². The molecule has 110 valence electrons. The number of hydrogen-bond donors (Lipinski definition) is 1. The lowest BCUT2D eigenvalue weighted by Gasteiger charge is -2.25. The van der Waals surface area contributed by atoms with Crippen molar-refractivity contribution < 1.29 is 4.74 Å². The summed E-state index contributed by atoms with van der Waals surface area (Å²) < 4.78 is 6.35. The third-order valence-electron chi connectivity index (χ3n) is 3.54. The number of guanidine groups is 1. The van der Waals surface area contributed by atoms with Crippen LogP contribution in [0.5, 0.6) is 5.75 Å². The van der Waals surface area contributed by atoms with Crippen molar-refractivity contribution in [2.75, 3.05) is 18.6 Å². The largest absolute Gasteiger partial charge is 0.497 e. The van der Waals surface area contributed by atoms with Gasteiger partial charge in [-0.1, -0.05) is 0 Å². The Morgan fingerprint density at radius 3 is 2.67 bits per heavy atom. The Labute approximate surface area is 136 Å². The minimum atomic E-state index is 0.161. The maximum absolute atomic E-state index is 6.09. The Bertz CT molecular complexity index is 661. The fourth-order valence-electron chi connectivity index (χ4n) is 2.42. The molecule has 1 aliphatic heterocycles. The number of ether oxygens (including phenoxy) is 1. The summed E-state index contributed by atoms with van der Waals surface area (Å²) in [7, 11) is 1.66. The van der Waals surface area contributed by atoms with Crippen LogP contribution in [-0.2, 0) is 0 Å². The molecule has 0 radical (unpaired) electrons. The molecule has 0 bridgehead atoms. The summed E-state index contributed by atoms with van der Waals surface area (Å²) in [5, 5.41) is 0. The van der Waals surface area contributed by atoms with Crippen LogP contribution in [0.4, 0.5) is 5.69 Å². The first kappa shape index (κ1) is 14.4. The molecule has 0 aliphatic carbocycles. The van der Waals surface area contributed by atoms with E-state index in [1.807, 2.05) is 24.3 Å². The summed E-state index contributed by atoms with van der Waals surface area (Å²) in [6.07, 6.45) is 0. The lowest BCUT2D eigenvalue weighted by atomic mass is 10.2. The number of hydrogen-bond acceptors (Lipinski definition) is 5. The minimum absolute atomic E-state index is 0.161. The molecule has 1 aromatic carbocycles. The molecule has 0 amide bonds. The number of nitrogens with zero attached hydrogens (tertiary/aromatic N) is 2. The monoisotopic (exact) mass is 365 g/mol. The van der Waals surface area contributed by atoms with E-state index < -0.39 is 0 Å². The first-order valence-electron chi connectivity index (χ1n) is 6.59. The molecule has 1 unspecified atom stereocenters. The van der Waals surface area contributed by atoms with Crippen molar-refractivity contribution in [2.45, 2.75) is 13.0 Å². The number of thiophene rings is 1. The maximum atomic E-state index is 6.09. The first-order chi connectivity index (χ1) is 10.1. The van der Waals surface area contributed by atoms with Gasteiger partial charge in [-0.3, -0.25) is 4.99 Å². The number of aliphatic imine (C=N–C) groups is 1. The molecule has 6 heteroatoms. The molecule has 1 atom stereocenters. The van der Waals surface area contributed by atoms with Gasteiger partial charge in [-0.15, -0.1) is 11.3 Å². The predicted octanol–water partition coefficient (Wildman–Crippen LogP) is 3.70.